The highest BCUT2D eigenvalue weighted by Gasteiger charge is 2.53. The third-order valence-electron chi connectivity index (χ3n) is 8.37. The molecule has 2 aliphatic carbocycles. The van der Waals surface area contributed by atoms with Gasteiger partial charge in [-0.1, -0.05) is 12.5 Å². The van der Waals surface area contributed by atoms with Gasteiger partial charge in [0.2, 0.25) is 5.91 Å². The number of amides is 3. The normalized spacial score (nSPS) is 32.9. The Morgan fingerprint density at radius 3 is 2.82 bits per heavy atom. The molecule has 0 radical (unpaired) electrons. The van der Waals surface area contributed by atoms with Crippen LogP contribution in [0.2, 0.25) is 0 Å². The van der Waals surface area contributed by atoms with Gasteiger partial charge < -0.3 is 15.5 Å². The van der Waals surface area contributed by atoms with Crippen LogP contribution in [0.5, 0.6) is 0 Å². The van der Waals surface area contributed by atoms with Crippen molar-refractivity contribution < 1.29 is 9.59 Å². The van der Waals surface area contributed by atoms with E-state index in [2.05, 4.69) is 33.2 Å². The van der Waals surface area contributed by atoms with Crippen LogP contribution in [-0.2, 0) is 4.79 Å². The van der Waals surface area contributed by atoms with E-state index in [4.69, 9.17) is 0 Å². The molecule has 0 bridgehead atoms. The lowest BCUT2D eigenvalue weighted by Gasteiger charge is -2.54. The summed E-state index contributed by atoms with van der Waals surface area (Å²) in [5.74, 6) is 1.66. The summed E-state index contributed by atoms with van der Waals surface area (Å²) < 4.78 is 0. The van der Waals surface area contributed by atoms with Gasteiger partial charge in [0.15, 0.2) is 0 Å². The minimum absolute atomic E-state index is 0.00506. The monoisotopic (exact) mass is 457 g/mol. The number of piperidine rings is 1. The lowest BCUT2D eigenvalue weighted by atomic mass is 9.58. The second-order valence-corrected chi connectivity index (χ2v) is 10.7. The molecule has 184 valence electrons. The Bertz CT molecular complexity index is 766. The van der Waals surface area contributed by atoms with Crippen LogP contribution in [-0.4, -0.2) is 85.5 Å². The van der Waals surface area contributed by atoms with Crippen LogP contribution in [0.3, 0.4) is 0 Å². The summed E-state index contributed by atoms with van der Waals surface area (Å²) in [6, 6.07) is 0.816. The van der Waals surface area contributed by atoms with Crippen molar-refractivity contribution in [2.24, 2.45) is 23.7 Å². The average Bonchev–Trinajstić information content (AvgIpc) is 3.21. The predicted octanol–water partition coefficient (Wildman–Crippen LogP) is 2.66. The lowest BCUT2D eigenvalue weighted by molar-refractivity contribution is -0.137. The second kappa shape index (κ2) is 10.6. The summed E-state index contributed by atoms with van der Waals surface area (Å²) in [6.45, 7) is 9.28. The zero-order valence-electron chi connectivity index (χ0n) is 20.8. The maximum Gasteiger partial charge on any atom is 0.324 e. The van der Waals surface area contributed by atoms with Gasteiger partial charge in [-0.2, -0.15) is 0 Å². The van der Waals surface area contributed by atoms with Gasteiger partial charge in [-0.15, -0.1) is 6.58 Å². The molecule has 1 saturated heterocycles. The number of nitrogens with one attached hydrogen (secondary N) is 2. The van der Waals surface area contributed by atoms with Crippen molar-refractivity contribution in [2.75, 3.05) is 46.8 Å². The molecule has 2 heterocycles. The van der Waals surface area contributed by atoms with Gasteiger partial charge in [0.05, 0.1) is 5.92 Å². The minimum atomic E-state index is -0.245. The predicted molar refractivity (Wildman–Crippen MR) is 132 cm³/mol. The highest BCUT2D eigenvalue weighted by Crippen LogP contribution is 2.53. The fraction of sp³-hybridized carbons (Fsp3) is 0.769. The fourth-order valence-corrected chi connectivity index (χ4v) is 7.05. The molecule has 4 aliphatic rings. The minimum Gasteiger partial charge on any atom is -0.388 e. The number of rotatable bonds is 8. The Morgan fingerprint density at radius 2 is 2.09 bits per heavy atom. The van der Waals surface area contributed by atoms with Gasteiger partial charge in [0.25, 0.3) is 0 Å². The van der Waals surface area contributed by atoms with E-state index in [1.807, 2.05) is 27.1 Å². The molecule has 0 spiro atoms. The highest BCUT2D eigenvalue weighted by molar-refractivity contribution is 5.95. The zero-order valence-corrected chi connectivity index (χ0v) is 20.8. The largest absolute Gasteiger partial charge is 0.388 e. The van der Waals surface area contributed by atoms with Gasteiger partial charge in [-0.3, -0.25) is 14.6 Å². The van der Waals surface area contributed by atoms with E-state index in [1.54, 1.807) is 5.57 Å². The van der Waals surface area contributed by atoms with E-state index in [-0.39, 0.29) is 17.9 Å². The Labute approximate surface area is 199 Å². The Kier molecular flexibility index (Phi) is 7.80. The molecule has 2 aliphatic heterocycles. The molecule has 0 aromatic rings. The molecular weight excluding hydrogens is 414 g/mol. The number of carbonyl (C=O) groups excluding carboxylic acids is 2. The van der Waals surface area contributed by atoms with Gasteiger partial charge in [0.1, 0.15) is 0 Å². The molecule has 3 amide bonds. The molecule has 0 aromatic carbocycles. The van der Waals surface area contributed by atoms with Gasteiger partial charge >= 0.3 is 6.03 Å². The van der Waals surface area contributed by atoms with E-state index in [0.717, 1.165) is 38.9 Å². The van der Waals surface area contributed by atoms with Crippen molar-refractivity contribution in [1.29, 1.82) is 0 Å². The molecule has 2 N–H and O–H groups in total. The molecular formula is C26H43N5O2. The van der Waals surface area contributed by atoms with Gasteiger partial charge in [-0.25, -0.2) is 4.79 Å². The van der Waals surface area contributed by atoms with Crippen molar-refractivity contribution in [3.63, 3.8) is 0 Å². The third-order valence-corrected chi connectivity index (χ3v) is 8.37. The van der Waals surface area contributed by atoms with Crippen molar-refractivity contribution in [3.05, 3.63) is 24.4 Å². The first kappa shape index (κ1) is 24.3. The quantitative estimate of drug-likeness (QED) is 0.549. The van der Waals surface area contributed by atoms with Gasteiger partial charge in [-0.05, 0) is 83.3 Å². The maximum atomic E-state index is 13.8. The SMILES string of the molecule is C=CCN1C[C@H](C(=O)N(CCCN(C)C)C(=O)NCC)C[C@@H]2C3CCCC4NC=C(C[C@H]21)C43. The molecule has 4 rings (SSSR count). The summed E-state index contributed by atoms with van der Waals surface area (Å²) in [7, 11) is 4.04. The number of nitrogens with zero attached hydrogens (tertiary/aromatic N) is 3. The van der Waals surface area contributed by atoms with Crippen molar-refractivity contribution in [3.8, 4) is 0 Å². The summed E-state index contributed by atoms with van der Waals surface area (Å²) >= 11 is 0. The Balaban J connectivity index is 1.54. The number of fused-ring (bicyclic) bond motifs is 2. The van der Waals surface area contributed by atoms with Crippen molar-refractivity contribution >= 4 is 11.9 Å². The molecule has 33 heavy (non-hydrogen) atoms. The van der Waals surface area contributed by atoms with Crippen LogP contribution in [0.4, 0.5) is 4.79 Å². The van der Waals surface area contributed by atoms with Crippen LogP contribution in [0.15, 0.2) is 24.4 Å². The Morgan fingerprint density at radius 1 is 1.27 bits per heavy atom. The number of urea groups is 1. The van der Waals surface area contributed by atoms with E-state index in [0.29, 0.717) is 42.9 Å². The summed E-state index contributed by atoms with van der Waals surface area (Å²) in [5, 5.41) is 6.54. The number of hydrogen-bond donors (Lipinski definition) is 2. The highest BCUT2D eigenvalue weighted by atomic mass is 16.2. The van der Waals surface area contributed by atoms with E-state index in [1.165, 1.54) is 24.2 Å². The third kappa shape index (κ3) is 4.99. The first-order chi connectivity index (χ1) is 15.9. The van der Waals surface area contributed by atoms with Crippen LogP contribution in [0.25, 0.3) is 0 Å². The second-order valence-electron chi connectivity index (χ2n) is 10.7. The van der Waals surface area contributed by atoms with E-state index < -0.39 is 0 Å². The van der Waals surface area contributed by atoms with Crippen LogP contribution in [0.1, 0.15) is 45.4 Å². The number of hydrogen-bond acceptors (Lipinski definition) is 5. The van der Waals surface area contributed by atoms with Crippen molar-refractivity contribution in [1.82, 2.24) is 25.3 Å². The molecule has 3 unspecified atom stereocenters. The first-order valence-corrected chi connectivity index (χ1v) is 13.0. The van der Waals surface area contributed by atoms with Crippen LogP contribution < -0.4 is 10.6 Å². The fourth-order valence-electron chi connectivity index (χ4n) is 7.05. The molecule has 7 heteroatoms. The zero-order chi connectivity index (χ0) is 23.5. The summed E-state index contributed by atoms with van der Waals surface area (Å²) in [5.41, 5.74) is 1.59. The molecule has 0 aromatic heterocycles. The maximum absolute atomic E-state index is 13.8. The molecule has 7 nitrogen and oxygen atoms in total. The number of carbonyl (C=O) groups is 2. The standard InChI is InChI=1S/C26H43N5O2/c1-5-11-30-17-19(25(32)31(26(33)27-6-2)13-8-12-29(3)4)14-21-20-9-7-10-22-24(20)18(16-28-22)15-23(21)30/h5,16,19-24,28H,1,6-15,17H2,2-4H3,(H,27,33)/t19-,20?,21-,22?,23-,24?/m1/s1. The smallest absolute Gasteiger partial charge is 0.324 e. The Hall–Kier alpha value is -1.86. The average molecular weight is 458 g/mol. The topological polar surface area (TPSA) is 67.9 Å². The molecule has 3 fully saturated rings. The van der Waals surface area contributed by atoms with E-state index >= 15 is 0 Å². The number of likely N-dealkylation sites (tertiary alicyclic amines) is 1. The van der Waals surface area contributed by atoms with Gasteiger partial charge in [0, 0.05) is 44.2 Å². The van der Waals surface area contributed by atoms with Crippen LogP contribution in [0, 0.1) is 23.7 Å². The lowest BCUT2D eigenvalue weighted by Crippen LogP contribution is -2.59. The number of imide groups is 1. The summed E-state index contributed by atoms with van der Waals surface area (Å²) in [6.07, 6.45) is 10.8. The van der Waals surface area contributed by atoms with Crippen molar-refractivity contribution in [2.45, 2.75) is 57.5 Å². The first-order valence-electron chi connectivity index (χ1n) is 13.0. The molecule has 2 saturated carbocycles. The molecule has 6 atom stereocenters. The van der Waals surface area contributed by atoms with Crippen LogP contribution >= 0.6 is 0 Å². The van der Waals surface area contributed by atoms with E-state index in [9.17, 15) is 9.59 Å². The summed E-state index contributed by atoms with van der Waals surface area (Å²) in [4.78, 5) is 32.7.